The Labute approximate surface area is 236 Å². The van der Waals surface area contributed by atoms with Crippen molar-refractivity contribution in [3.05, 3.63) is 113 Å². The van der Waals surface area contributed by atoms with Gasteiger partial charge in [0.25, 0.3) is 5.85 Å². The second-order valence-corrected chi connectivity index (χ2v) is 10.2. The zero-order chi connectivity index (χ0) is 29.6. The molecule has 0 spiro atoms. The van der Waals surface area contributed by atoms with Gasteiger partial charge in [-0.05, 0) is 61.6 Å². The van der Waals surface area contributed by atoms with Crippen molar-refractivity contribution in [1.82, 2.24) is 0 Å². The summed E-state index contributed by atoms with van der Waals surface area (Å²) in [5.41, 5.74) is 11.4. The van der Waals surface area contributed by atoms with Gasteiger partial charge in [-0.25, -0.2) is 4.39 Å². The number of nitrogens with two attached hydrogens (primary N) is 1. The summed E-state index contributed by atoms with van der Waals surface area (Å²) in [5.74, 6) is -2.15. The van der Waals surface area contributed by atoms with Crippen molar-refractivity contribution >= 4 is 0 Å². The van der Waals surface area contributed by atoms with Gasteiger partial charge in [-0.2, -0.15) is 4.39 Å². The molecule has 0 aliphatic rings. The lowest BCUT2D eigenvalue weighted by molar-refractivity contribution is -0.0986. The lowest BCUT2D eigenvalue weighted by Gasteiger charge is -2.37. The van der Waals surface area contributed by atoms with Crippen molar-refractivity contribution in [2.24, 2.45) is 5.73 Å². The molecule has 0 fully saturated rings. The Morgan fingerprint density at radius 1 is 0.897 bits per heavy atom. The van der Waals surface area contributed by atoms with E-state index in [1.165, 1.54) is 12.8 Å². The normalized spacial score (nSPS) is 14.3. The minimum Gasteiger partial charge on any atom is -0.455 e. The topological polar surface area (TPSA) is 35.2 Å². The van der Waals surface area contributed by atoms with Gasteiger partial charge in [-0.3, -0.25) is 0 Å². The molecule has 2 unspecified atom stereocenters. The lowest BCUT2D eigenvalue weighted by atomic mass is 9.67. The van der Waals surface area contributed by atoms with Crippen molar-refractivity contribution in [2.45, 2.75) is 98.5 Å². The molecule has 2 N–H and O–H groups in total. The third-order valence-corrected chi connectivity index (χ3v) is 6.61. The first-order valence-corrected chi connectivity index (χ1v) is 14.1. The molecule has 3 aromatic rings. The van der Waals surface area contributed by atoms with E-state index in [9.17, 15) is 8.78 Å². The maximum atomic E-state index is 14.8. The van der Waals surface area contributed by atoms with E-state index in [0.29, 0.717) is 18.5 Å². The first kappa shape index (κ1) is 33.9. The van der Waals surface area contributed by atoms with Crippen LogP contribution in [0.15, 0.2) is 85.1 Å². The van der Waals surface area contributed by atoms with Crippen LogP contribution in [-0.2, 0) is 11.8 Å². The Kier molecular flexibility index (Phi) is 14.0. The van der Waals surface area contributed by atoms with Crippen molar-refractivity contribution in [3.8, 4) is 5.75 Å². The Balaban J connectivity index is 0.00000116. The van der Waals surface area contributed by atoms with Gasteiger partial charge in [0.2, 0.25) is 0 Å². The van der Waals surface area contributed by atoms with Crippen molar-refractivity contribution in [3.63, 3.8) is 0 Å². The first-order chi connectivity index (χ1) is 18.4. The molecule has 3 rings (SSSR count). The first-order valence-electron chi connectivity index (χ1n) is 14.1. The van der Waals surface area contributed by atoms with Gasteiger partial charge in [0.1, 0.15) is 5.75 Å². The molecule has 0 aromatic heterocycles. The SMILES string of the molecule is C=C(N)C[C@](Cc1ccccc1)(c1ccc(C)cc1)c1cc(C)cc(OC(C)(F)C(C)F)c1.CC.CCCC. The number of unbranched alkanes of at least 4 members (excludes halogenated alkanes) is 1. The molecule has 0 heterocycles. The molecule has 0 bridgehead atoms. The summed E-state index contributed by atoms with van der Waals surface area (Å²) in [7, 11) is 0. The quantitative estimate of drug-likeness (QED) is 0.279. The van der Waals surface area contributed by atoms with Crippen LogP contribution in [0, 0.1) is 13.8 Å². The number of rotatable bonds is 10. The molecular weight excluding hydrogens is 488 g/mol. The summed E-state index contributed by atoms with van der Waals surface area (Å²) in [4.78, 5) is 0. The van der Waals surface area contributed by atoms with E-state index in [1.807, 2.05) is 45.9 Å². The van der Waals surface area contributed by atoms with E-state index in [2.05, 4.69) is 62.9 Å². The number of benzene rings is 3. The molecule has 0 aliphatic carbocycles. The predicted octanol–water partition coefficient (Wildman–Crippen LogP) is 9.95. The van der Waals surface area contributed by atoms with Crippen LogP contribution < -0.4 is 10.5 Å². The summed E-state index contributed by atoms with van der Waals surface area (Å²) >= 11 is 0. The number of hydrogen-bond acceptors (Lipinski definition) is 2. The highest BCUT2D eigenvalue weighted by Crippen LogP contribution is 2.42. The summed E-state index contributed by atoms with van der Waals surface area (Å²) in [5, 5.41) is 0. The average molecular weight is 538 g/mol. The van der Waals surface area contributed by atoms with E-state index in [4.69, 9.17) is 10.5 Å². The molecule has 4 heteroatoms. The second kappa shape index (κ2) is 16.1. The Bertz CT molecular complexity index is 1120. The molecule has 0 radical (unpaired) electrons. The largest absolute Gasteiger partial charge is 0.455 e. The molecule has 39 heavy (non-hydrogen) atoms. The summed E-state index contributed by atoms with van der Waals surface area (Å²) in [6.45, 7) is 18.6. The molecule has 0 saturated carbocycles. The van der Waals surface area contributed by atoms with Crippen LogP contribution in [0.2, 0.25) is 0 Å². The number of allylic oxidation sites excluding steroid dienone is 1. The predicted molar refractivity (Wildman–Crippen MR) is 164 cm³/mol. The number of halogens is 2. The molecule has 0 amide bonds. The van der Waals surface area contributed by atoms with E-state index >= 15 is 0 Å². The van der Waals surface area contributed by atoms with Gasteiger partial charge < -0.3 is 10.5 Å². The third-order valence-electron chi connectivity index (χ3n) is 6.61. The fourth-order valence-corrected chi connectivity index (χ4v) is 4.24. The zero-order valence-corrected chi connectivity index (χ0v) is 25.3. The van der Waals surface area contributed by atoms with Crippen molar-refractivity contribution in [1.29, 1.82) is 0 Å². The average Bonchev–Trinajstić information content (AvgIpc) is 2.89. The molecule has 214 valence electrons. The van der Waals surface area contributed by atoms with Gasteiger partial charge in [0.05, 0.1) is 0 Å². The van der Waals surface area contributed by atoms with Gasteiger partial charge in [0.15, 0.2) is 6.17 Å². The Hall–Kier alpha value is -3.14. The van der Waals surface area contributed by atoms with E-state index < -0.39 is 17.4 Å². The highest BCUT2D eigenvalue weighted by molar-refractivity contribution is 5.48. The molecule has 0 saturated heterocycles. The molecule has 3 atom stereocenters. The van der Waals surface area contributed by atoms with Crippen LogP contribution in [0.25, 0.3) is 0 Å². The second-order valence-electron chi connectivity index (χ2n) is 10.2. The van der Waals surface area contributed by atoms with Crippen LogP contribution in [0.1, 0.15) is 88.6 Å². The standard InChI is InChI=1S/C29H33F2NO.C4H10.C2H6/c1-20-11-13-25(14-12-20)29(18-22(3)32,19-24-9-7-6-8-10-24)26-15-21(2)16-27(17-26)33-28(5,31)23(4)30;1-3-4-2;1-2/h6-17,23H,3,18-19,32H2,1-2,4-5H3;3-4H2,1-2H3;1-2H3/t23?,28?,29-;;/m0../s1. The minimum atomic E-state index is -2.44. The van der Waals surface area contributed by atoms with Gasteiger partial charge in [-0.1, -0.05) is 113 Å². The number of aryl methyl sites for hydroxylation is 2. The number of hydrogen-bond donors (Lipinski definition) is 1. The molecular formula is C35H49F2NO. The van der Waals surface area contributed by atoms with Gasteiger partial charge >= 0.3 is 0 Å². The van der Waals surface area contributed by atoms with Gasteiger partial charge in [-0.15, -0.1) is 0 Å². The van der Waals surface area contributed by atoms with E-state index in [-0.39, 0.29) is 5.75 Å². The van der Waals surface area contributed by atoms with Gasteiger partial charge in [0, 0.05) is 24.5 Å². The summed E-state index contributed by atoms with van der Waals surface area (Å²) < 4.78 is 34.1. The fraction of sp³-hybridized carbons (Fsp3) is 0.429. The van der Waals surface area contributed by atoms with Crippen LogP contribution >= 0.6 is 0 Å². The molecule has 0 aliphatic heterocycles. The van der Waals surface area contributed by atoms with E-state index in [0.717, 1.165) is 41.7 Å². The van der Waals surface area contributed by atoms with Crippen LogP contribution in [0.4, 0.5) is 8.78 Å². The lowest BCUT2D eigenvalue weighted by Crippen LogP contribution is -2.36. The van der Waals surface area contributed by atoms with E-state index in [1.54, 1.807) is 12.1 Å². The zero-order valence-electron chi connectivity index (χ0n) is 25.3. The van der Waals surface area contributed by atoms with Crippen LogP contribution in [0.3, 0.4) is 0 Å². The minimum absolute atomic E-state index is 0.284. The molecule has 2 nitrogen and oxygen atoms in total. The number of alkyl halides is 2. The van der Waals surface area contributed by atoms with Crippen LogP contribution in [0.5, 0.6) is 5.75 Å². The Morgan fingerprint density at radius 2 is 1.46 bits per heavy atom. The maximum absolute atomic E-state index is 14.8. The maximum Gasteiger partial charge on any atom is 0.275 e. The van der Waals surface area contributed by atoms with Crippen molar-refractivity contribution in [2.75, 3.05) is 0 Å². The van der Waals surface area contributed by atoms with Crippen LogP contribution in [-0.4, -0.2) is 12.0 Å². The highest BCUT2D eigenvalue weighted by atomic mass is 19.2. The smallest absolute Gasteiger partial charge is 0.275 e. The highest BCUT2D eigenvalue weighted by Gasteiger charge is 2.37. The summed E-state index contributed by atoms with van der Waals surface area (Å²) in [6, 6.07) is 24.1. The Morgan fingerprint density at radius 3 is 1.95 bits per heavy atom. The summed E-state index contributed by atoms with van der Waals surface area (Å²) in [6.07, 6.45) is 2.00. The monoisotopic (exact) mass is 537 g/mol. The molecule has 3 aromatic carbocycles. The van der Waals surface area contributed by atoms with Crippen molar-refractivity contribution < 1.29 is 13.5 Å². The third kappa shape index (κ3) is 10.2. The fourth-order valence-electron chi connectivity index (χ4n) is 4.24. The number of ether oxygens (including phenoxy) is 1.